The zero-order valence-electron chi connectivity index (χ0n) is 14.3. The van der Waals surface area contributed by atoms with Gasteiger partial charge in [-0.2, -0.15) is 8.42 Å². The molecule has 0 aromatic heterocycles. The number of benzene rings is 3. The SMILES string of the molecule is O=S(=O)(O)C(c1ccccc1O)(c1ccc(Cl)cc1O)c1c(Cl)cc(Cl)cc1Cl. The van der Waals surface area contributed by atoms with E-state index in [1.54, 1.807) is 0 Å². The van der Waals surface area contributed by atoms with Crippen molar-refractivity contribution in [2.45, 2.75) is 4.75 Å². The lowest BCUT2D eigenvalue weighted by atomic mass is 9.82. The van der Waals surface area contributed by atoms with Crippen molar-refractivity contribution in [3.05, 3.63) is 91.4 Å². The monoisotopic (exact) mass is 492 g/mol. The number of hydrogen-bond donors (Lipinski definition) is 3. The molecule has 0 saturated heterocycles. The van der Waals surface area contributed by atoms with E-state index in [9.17, 15) is 23.2 Å². The van der Waals surface area contributed by atoms with Gasteiger partial charge in [0.1, 0.15) is 11.5 Å². The van der Waals surface area contributed by atoms with Crippen molar-refractivity contribution < 1.29 is 23.2 Å². The van der Waals surface area contributed by atoms with Gasteiger partial charge in [0.15, 0.2) is 4.75 Å². The first-order chi connectivity index (χ1) is 13.5. The highest BCUT2D eigenvalue weighted by atomic mass is 35.5. The summed E-state index contributed by atoms with van der Waals surface area (Å²) < 4.78 is 33.9. The van der Waals surface area contributed by atoms with Gasteiger partial charge in [0.25, 0.3) is 10.1 Å². The third-order valence-corrected chi connectivity index (χ3v) is 6.84. The molecule has 29 heavy (non-hydrogen) atoms. The van der Waals surface area contributed by atoms with E-state index in [1.165, 1.54) is 48.5 Å². The number of hydrogen-bond acceptors (Lipinski definition) is 4. The van der Waals surface area contributed by atoms with Crippen molar-refractivity contribution in [2.75, 3.05) is 0 Å². The molecular weight excluding hydrogens is 482 g/mol. The van der Waals surface area contributed by atoms with Crippen LogP contribution in [-0.4, -0.2) is 23.2 Å². The van der Waals surface area contributed by atoms with Gasteiger partial charge in [-0.15, -0.1) is 0 Å². The van der Waals surface area contributed by atoms with E-state index in [0.717, 1.165) is 6.07 Å². The molecule has 3 N–H and O–H groups in total. The molecule has 3 aromatic carbocycles. The Morgan fingerprint density at radius 3 is 1.79 bits per heavy atom. The van der Waals surface area contributed by atoms with Gasteiger partial charge in [-0.25, -0.2) is 0 Å². The molecule has 0 saturated carbocycles. The lowest BCUT2D eigenvalue weighted by Gasteiger charge is -2.34. The summed E-state index contributed by atoms with van der Waals surface area (Å²) in [7, 11) is -5.18. The number of aromatic hydroxyl groups is 2. The zero-order chi connectivity index (χ0) is 21.6. The minimum absolute atomic E-state index is 0.112. The first-order valence-electron chi connectivity index (χ1n) is 7.89. The predicted molar refractivity (Wildman–Crippen MR) is 114 cm³/mol. The van der Waals surface area contributed by atoms with E-state index in [2.05, 4.69) is 0 Å². The largest absolute Gasteiger partial charge is 0.508 e. The standard InChI is InChI=1S/C19H12Cl4O5S/c20-10-5-6-13(17(25)9-10)19(29(26,27)28,12-3-1-2-4-16(12)24)18-14(22)7-11(21)8-15(18)23/h1-9,24-25H,(H,26,27,28). The van der Waals surface area contributed by atoms with Crippen molar-refractivity contribution in [1.29, 1.82) is 0 Å². The van der Waals surface area contributed by atoms with Crippen LogP contribution in [0.25, 0.3) is 0 Å². The van der Waals surface area contributed by atoms with E-state index in [0.29, 0.717) is 0 Å². The van der Waals surface area contributed by atoms with Crippen LogP contribution in [0.1, 0.15) is 16.7 Å². The summed E-state index contributed by atoms with van der Waals surface area (Å²) in [6, 6.07) is 11.5. The highest BCUT2D eigenvalue weighted by Gasteiger charge is 2.53. The number of para-hydroxylation sites is 1. The summed E-state index contributed by atoms with van der Waals surface area (Å²) in [5, 5.41) is 20.9. The molecule has 0 bridgehead atoms. The van der Waals surface area contributed by atoms with E-state index < -0.39 is 26.4 Å². The van der Waals surface area contributed by atoms with Gasteiger partial charge in [0.2, 0.25) is 0 Å². The van der Waals surface area contributed by atoms with Gasteiger partial charge >= 0.3 is 0 Å². The molecule has 0 aliphatic carbocycles. The van der Waals surface area contributed by atoms with Crippen molar-refractivity contribution in [2.24, 2.45) is 0 Å². The van der Waals surface area contributed by atoms with E-state index in [-0.39, 0.29) is 36.8 Å². The summed E-state index contributed by atoms with van der Waals surface area (Å²) >= 11 is 24.5. The van der Waals surface area contributed by atoms with Crippen LogP contribution in [0.3, 0.4) is 0 Å². The topological polar surface area (TPSA) is 94.8 Å². The van der Waals surface area contributed by atoms with Crippen LogP contribution in [-0.2, 0) is 14.9 Å². The minimum Gasteiger partial charge on any atom is -0.508 e. The highest BCUT2D eigenvalue weighted by molar-refractivity contribution is 7.87. The Morgan fingerprint density at radius 2 is 1.28 bits per heavy atom. The summed E-state index contributed by atoms with van der Waals surface area (Å²) in [4.78, 5) is 0. The minimum atomic E-state index is -5.18. The Kier molecular flexibility index (Phi) is 5.98. The van der Waals surface area contributed by atoms with Gasteiger partial charge < -0.3 is 10.2 Å². The fourth-order valence-electron chi connectivity index (χ4n) is 3.27. The van der Waals surface area contributed by atoms with Crippen LogP contribution in [0.2, 0.25) is 20.1 Å². The van der Waals surface area contributed by atoms with Gasteiger partial charge in [-0.05, 0) is 30.3 Å². The van der Waals surface area contributed by atoms with Crippen LogP contribution < -0.4 is 0 Å². The summed E-state index contributed by atoms with van der Waals surface area (Å²) in [5.74, 6) is -1.05. The predicted octanol–water partition coefficient (Wildman–Crippen LogP) is 5.89. The molecule has 5 nitrogen and oxygen atoms in total. The summed E-state index contributed by atoms with van der Waals surface area (Å²) in [5.41, 5.74) is -0.907. The second-order valence-corrected chi connectivity index (χ2v) is 9.33. The fourth-order valence-corrected chi connectivity index (χ4v) is 6.03. The molecule has 1 atom stereocenters. The van der Waals surface area contributed by atoms with Gasteiger partial charge in [0.05, 0.1) is 0 Å². The second-order valence-electron chi connectivity index (χ2n) is 6.08. The highest BCUT2D eigenvalue weighted by Crippen LogP contribution is 2.54. The summed E-state index contributed by atoms with van der Waals surface area (Å²) in [6.45, 7) is 0. The molecule has 0 fully saturated rings. The van der Waals surface area contributed by atoms with Crippen molar-refractivity contribution in [1.82, 2.24) is 0 Å². The van der Waals surface area contributed by atoms with Gasteiger partial charge in [0, 0.05) is 36.8 Å². The maximum absolute atomic E-state index is 13.0. The zero-order valence-corrected chi connectivity index (χ0v) is 18.1. The van der Waals surface area contributed by atoms with E-state index in [1.807, 2.05) is 0 Å². The molecule has 0 radical (unpaired) electrons. The van der Waals surface area contributed by atoms with Crippen molar-refractivity contribution in [3.8, 4) is 11.5 Å². The smallest absolute Gasteiger partial charge is 0.283 e. The third kappa shape index (κ3) is 3.65. The first-order valence-corrected chi connectivity index (χ1v) is 10.8. The van der Waals surface area contributed by atoms with Gasteiger partial charge in [-0.3, -0.25) is 4.55 Å². The molecule has 1 unspecified atom stereocenters. The quantitative estimate of drug-likeness (QED) is 0.311. The number of phenolic OH excluding ortho intramolecular Hbond substituents is 2. The molecule has 10 heteroatoms. The maximum Gasteiger partial charge on any atom is 0.283 e. The molecule has 3 rings (SSSR count). The average molecular weight is 494 g/mol. The van der Waals surface area contributed by atoms with Crippen LogP contribution in [0, 0.1) is 0 Å². The molecule has 0 amide bonds. The molecule has 0 aliphatic rings. The number of halogens is 4. The van der Waals surface area contributed by atoms with Crippen molar-refractivity contribution >= 4 is 56.5 Å². The molecule has 0 heterocycles. The fraction of sp³-hybridized carbons (Fsp3) is 0.0526. The van der Waals surface area contributed by atoms with Crippen LogP contribution in [0.15, 0.2) is 54.6 Å². The van der Waals surface area contributed by atoms with Crippen LogP contribution >= 0.6 is 46.4 Å². The second kappa shape index (κ2) is 7.87. The van der Waals surface area contributed by atoms with E-state index >= 15 is 0 Å². The van der Waals surface area contributed by atoms with Crippen LogP contribution in [0.5, 0.6) is 11.5 Å². The van der Waals surface area contributed by atoms with Crippen LogP contribution in [0.4, 0.5) is 0 Å². The normalized spacial score (nSPS) is 13.8. The van der Waals surface area contributed by atoms with E-state index in [4.69, 9.17) is 46.4 Å². The number of rotatable bonds is 4. The Morgan fingerprint density at radius 1 is 0.724 bits per heavy atom. The Balaban J connectivity index is 2.66. The maximum atomic E-state index is 13.0. The molecular formula is C19H12Cl4O5S. The first kappa shape index (κ1) is 22.0. The lowest BCUT2D eigenvalue weighted by Crippen LogP contribution is -2.39. The molecule has 0 spiro atoms. The molecule has 3 aromatic rings. The van der Waals surface area contributed by atoms with Gasteiger partial charge in [-0.1, -0.05) is 70.7 Å². The Labute approximate surface area is 186 Å². The molecule has 152 valence electrons. The lowest BCUT2D eigenvalue weighted by molar-refractivity contribution is 0.428. The number of phenols is 2. The molecule has 0 aliphatic heterocycles. The summed E-state index contributed by atoms with van der Waals surface area (Å²) in [6.07, 6.45) is 0. The third-order valence-electron chi connectivity index (χ3n) is 4.37. The Bertz CT molecular complexity index is 1190. The van der Waals surface area contributed by atoms with Crippen molar-refractivity contribution in [3.63, 3.8) is 0 Å². The average Bonchev–Trinajstić information content (AvgIpc) is 2.58. The Hall–Kier alpha value is -1.67.